The Kier molecular flexibility index (Phi) is 5.58. The third-order valence-corrected chi connectivity index (χ3v) is 4.90. The fourth-order valence-electron chi connectivity index (χ4n) is 3.61. The predicted octanol–water partition coefficient (Wildman–Crippen LogP) is 3.34. The van der Waals surface area contributed by atoms with Gasteiger partial charge in [-0.05, 0) is 61.7 Å². The SMILES string of the molecule is COCC(=O)Nc1cccc(NC(=O)c2nn(-c3ccc(F)cc3)c3c2CCC3)c1. The summed E-state index contributed by atoms with van der Waals surface area (Å²) in [7, 11) is 1.44. The highest BCUT2D eigenvalue weighted by atomic mass is 19.1. The van der Waals surface area contributed by atoms with Crippen LogP contribution in [-0.4, -0.2) is 35.3 Å². The number of nitrogens with one attached hydrogen (secondary N) is 2. The van der Waals surface area contributed by atoms with E-state index in [0.29, 0.717) is 17.1 Å². The van der Waals surface area contributed by atoms with E-state index < -0.39 is 0 Å². The van der Waals surface area contributed by atoms with E-state index in [2.05, 4.69) is 15.7 Å². The van der Waals surface area contributed by atoms with Crippen molar-refractivity contribution in [3.8, 4) is 5.69 Å². The van der Waals surface area contributed by atoms with Crippen molar-refractivity contribution in [3.05, 3.63) is 71.3 Å². The largest absolute Gasteiger partial charge is 0.375 e. The molecule has 2 N–H and O–H groups in total. The van der Waals surface area contributed by atoms with Crippen LogP contribution in [0, 0.1) is 5.82 Å². The highest BCUT2D eigenvalue weighted by Crippen LogP contribution is 2.28. The van der Waals surface area contributed by atoms with Gasteiger partial charge in [-0.1, -0.05) is 6.07 Å². The molecular formula is C22H21FN4O3. The number of rotatable bonds is 6. The van der Waals surface area contributed by atoms with Crippen LogP contribution in [0.15, 0.2) is 48.5 Å². The summed E-state index contributed by atoms with van der Waals surface area (Å²) in [5.74, 6) is -0.927. The first-order valence-electron chi connectivity index (χ1n) is 9.62. The number of nitrogens with zero attached hydrogens (tertiary/aromatic N) is 2. The van der Waals surface area contributed by atoms with Gasteiger partial charge in [0.25, 0.3) is 5.91 Å². The number of aromatic nitrogens is 2. The maximum atomic E-state index is 13.3. The Bertz CT molecular complexity index is 1090. The monoisotopic (exact) mass is 408 g/mol. The molecule has 0 bridgehead atoms. The van der Waals surface area contributed by atoms with Crippen molar-refractivity contribution >= 4 is 23.2 Å². The number of hydrogen-bond donors (Lipinski definition) is 2. The van der Waals surface area contributed by atoms with Crippen LogP contribution >= 0.6 is 0 Å². The van der Waals surface area contributed by atoms with Crippen molar-refractivity contribution in [1.29, 1.82) is 0 Å². The first-order valence-corrected chi connectivity index (χ1v) is 9.62. The van der Waals surface area contributed by atoms with Crippen LogP contribution in [-0.2, 0) is 22.4 Å². The third kappa shape index (κ3) is 4.08. The molecule has 30 heavy (non-hydrogen) atoms. The molecule has 1 heterocycles. The Morgan fingerprint density at radius 1 is 1.10 bits per heavy atom. The quantitative estimate of drug-likeness (QED) is 0.655. The second kappa shape index (κ2) is 8.46. The molecule has 8 heteroatoms. The number of carbonyl (C=O) groups excluding carboxylic acids is 2. The van der Waals surface area contributed by atoms with E-state index in [0.717, 1.165) is 36.2 Å². The molecule has 0 saturated carbocycles. The molecule has 2 aromatic carbocycles. The van der Waals surface area contributed by atoms with Gasteiger partial charge in [-0.3, -0.25) is 9.59 Å². The molecule has 154 valence electrons. The minimum atomic E-state index is -0.325. The zero-order valence-electron chi connectivity index (χ0n) is 16.4. The summed E-state index contributed by atoms with van der Waals surface area (Å²) in [4.78, 5) is 24.6. The van der Waals surface area contributed by atoms with Crippen molar-refractivity contribution in [2.24, 2.45) is 0 Å². The molecule has 4 rings (SSSR count). The predicted molar refractivity (Wildman–Crippen MR) is 110 cm³/mol. The molecule has 0 radical (unpaired) electrons. The molecule has 1 aromatic heterocycles. The lowest BCUT2D eigenvalue weighted by molar-refractivity contribution is -0.119. The summed E-state index contributed by atoms with van der Waals surface area (Å²) < 4.78 is 19.8. The Hall–Kier alpha value is -3.52. The van der Waals surface area contributed by atoms with Crippen molar-refractivity contribution in [2.75, 3.05) is 24.4 Å². The van der Waals surface area contributed by atoms with Gasteiger partial charge >= 0.3 is 0 Å². The van der Waals surface area contributed by atoms with E-state index in [9.17, 15) is 14.0 Å². The van der Waals surface area contributed by atoms with Crippen molar-refractivity contribution in [1.82, 2.24) is 9.78 Å². The summed E-state index contributed by atoms with van der Waals surface area (Å²) in [6.07, 6.45) is 2.52. The minimum Gasteiger partial charge on any atom is -0.375 e. The van der Waals surface area contributed by atoms with E-state index in [4.69, 9.17) is 4.74 Å². The maximum absolute atomic E-state index is 13.3. The minimum absolute atomic E-state index is 0.0520. The Balaban J connectivity index is 1.57. The normalized spacial score (nSPS) is 12.5. The number of anilines is 2. The lowest BCUT2D eigenvalue weighted by Crippen LogP contribution is -2.18. The molecule has 0 unspecified atom stereocenters. The number of carbonyl (C=O) groups is 2. The van der Waals surface area contributed by atoms with E-state index in [1.807, 2.05) is 0 Å². The standard InChI is InChI=1S/C22H21FN4O3/c1-30-13-20(28)24-15-4-2-5-16(12-15)25-22(29)21-18-6-3-7-19(18)27(26-21)17-10-8-14(23)9-11-17/h2,4-5,8-12H,3,6-7,13H2,1H3,(H,24,28)(H,25,29). The summed E-state index contributed by atoms with van der Waals surface area (Å²) in [6.45, 7) is -0.0520. The molecule has 0 atom stereocenters. The van der Waals surface area contributed by atoms with E-state index in [1.165, 1.54) is 19.2 Å². The smallest absolute Gasteiger partial charge is 0.276 e. The van der Waals surface area contributed by atoms with Gasteiger partial charge in [0.2, 0.25) is 5.91 Å². The van der Waals surface area contributed by atoms with Gasteiger partial charge in [-0.2, -0.15) is 5.10 Å². The number of fused-ring (bicyclic) bond motifs is 1. The first-order chi connectivity index (χ1) is 14.5. The molecule has 3 aromatic rings. The first kappa shape index (κ1) is 19.8. The molecule has 0 spiro atoms. The van der Waals surface area contributed by atoms with Crippen molar-refractivity contribution < 1.29 is 18.7 Å². The second-order valence-corrected chi connectivity index (χ2v) is 7.03. The van der Waals surface area contributed by atoms with Gasteiger partial charge in [0.15, 0.2) is 5.69 Å². The highest BCUT2D eigenvalue weighted by molar-refractivity contribution is 6.04. The number of halogens is 1. The van der Waals surface area contributed by atoms with Crippen molar-refractivity contribution in [3.63, 3.8) is 0 Å². The molecule has 0 aliphatic heterocycles. The van der Waals surface area contributed by atoms with Crippen LogP contribution in [0.5, 0.6) is 0 Å². The van der Waals surface area contributed by atoms with Gasteiger partial charge in [-0.25, -0.2) is 9.07 Å². The molecule has 7 nitrogen and oxygen atoms in total. The van der Waals surface area contributed by atoms with Gasteiger partial charge in [-0.15, -0.1) is 0 Å². The number of amides is 2. The van der Waals surface area contributed by atoms with Crippen LogP contribution in [0.25, 0.3) is 5.69 Å². The summed E-state index contributed by atoms with van der Waals surface area (Å²) in [5.41, 5.74) is 4.07. The van der Waals surface area contributed by atoms with Crippen LogP contribution in [0.3, 0.4) is 0 Å². The number of benzene rings is 2. The van der Waals surface area contributed by atoms with Gasteiger partial charge in [0.1, 0.15) is 12.4 Å². The number of methoxy groups -OCH3 is 1. The topological polar surface area (TPSA) is 85.2 Å². The van der Waals surface area contributed by atoms with Gasteiger partial charge < -0.3 is 15.4 Å². The van der Waals surface area contributed by atoms with E-state index in [1.54, 1.807) is 41.1 Å². The summed E-state index contributed by atoms with van der Waals surface area (Å²) in [5, 5.41) is 10.1. The molecule has 0 fully saturated rings. The average Bonchev–Trinajstić information content (AvgIpc) is 3.32. The Morgan fingerprint density at radius 2 is 1.83 bits per heavy atom. The molecule has 1 aliphatic rings. The zero-order valence-corrected chi connectivity index (χ0v) is 16.4. The van der Waals surface area contributed by atoms with Gasteiger partial charge in [0.05, 0.1) is 5.69 Å². The fourth-order valence-corrected chi connectivity index (χ4v) is 3.61. The molecular weight excluding hydrogens is 387 g/mol. The average molecular weight is 408 g/mol. The van der Waals surface area contributed by atoms with Crippen molar-refractivity contribution in [2.45, 2.75) is 19.3 Å². The van der Waals surface area contributed by atoms with Crippen LogP contribution in [0.2, 0.25) is 0 Å². The van der Waals surface area contributed by atoms with Crippen LogP contribution in [0.1, 0.15) is 28.2 Å². The van der Waals surface area contributed by atoms with E-state index in [-0.39, 0.29) is 24.2 Å². The summed E-state index contributed by atoms with van der Waals surface area (Å²) >= 11 is 0. The fraction of sp³-hybridized carbons (Fsp3) is 0.227. The van der Waals surface area contributed by atoms with Crippen LogP contribution in [0.4, 0.5) is 15.8 Å². The maximum Gasteiger partial charge on any atom is 0.276 e. The second-order valence-electron chi connectivity index (χ2n) is 7.03. The van der Waals surface area contributed by atoms with Gasteiger partial charge in [0, 0.05) is 29.7 Å². The lowest BCUT2D eigenvalue weighted by atomic mass is 10.2. The lowest BCUT2D eigenvalue weighted by Gasteiger charge is -2.08. The summed E-state index contributed by atoms with van der Waals surface area (Å²) in [6, 6.07) is 12.9. The Labute approximate surface area is 172 Å². The highest BCUT2D eigenvalue weighted by Gasteiger charge is 2.27. The zero-order chi connectivity index (χ0) is 21.1. The number of ether oxygens (including phenoxy) is 1. The van der Waals surface area contributed by atoms with Crippen LogP contribution < -0.4 is 10.6 Å². The Morgan fingerprint density at radius 3 is 2.57 bits per heavy atom. The van der Waals surface area contributed by atoms with E-state index >= 15 is 0 Å². The molecule has 2 amide bonds. The molecule has 0 saturated heterocycles. The number of hydrogen-bond acceptors (Lipinski definition) is 4. The molecule has 1 aliphatic carbocycles. The third-order valence-electron chi connectivity index (χ3n) is 4.90.